The van der Waals surface area contributed by atoms with Crippen LogP contribution in [0.1, 0.15) is 72.2 Å². The van der Waals surface area contributed by atoms with Crippen molar-refractivity contribution >= 4 is 17.1 Å². The van der Waals surface area contributed by atoms with Crippen LogP contribution < -0.4 is 4.90 Å². The molecule has 0 aromatic heterocycles. The summed E-state index contributed by atoms with van der Waals surface area (Å²) in [6.07, 6.45) is 0. The maximum absolute atomic E-state index is 2.54. The summed E-state index contributed by atoms with van der Waals surface area (Å²) in [6, 6.07) is 88.7. The second kappa shape index (κ2) is 15.0. The number of nitrogens with zero attached hydrogens (tertiary/aromatic N) is 1. The fourth-order valence-electron chi connectivity index (χ4n) is 12.7. The molecule has 1 heteroatoms. The van der Waals surface area contributed by atoms with Crippen molar-refractivity contribution in [1.82, 2.24) is 0 Å². The van der Waals surface area contributed by atoms with Crippen LogP contribution in [0.15, 0.2) is 237 Å². The van der Waals surface area contributed by atoms with E-state index in [0.717, 1.165) is 17.1 Å². The summed E-state index contributed by atoms with van der Waals surface area (Å²) in [5, 5.41) is 0. The first-order valence-corrected chi connectivity index (χ1v) is 24.1. The molecule has 3 aliphatic rings. The molecule has 10 aromatic carbocycles. The van der Waals surface area contributed by atoms with Crippen molar-refractivity contribution in [2.24, 2.45) is 0 Å². The number of hydrogen-bond acceptors (Lipinski definition) is 1. The van der Waals surface area contributed by atoms with E-state index in [1.807, 2.05) is 0 Å². The van der Waals surface area contributed by atoms with Crippen LogP contribution in [-0.2, 0) is 16.2 Å². The Labute approximate surface area is 400 Å². The molecule has 0 N–H and O–H groups in total. The Bertz CT molecular complexity index is 3440. The molecule has 3 aliphatic carbocycles. The molecule has 0 saturated carbocycles. The second-order valence-corrected chi connectivity index (χ2v) is 20.0. The predicted octanol–water partition coefficient (Wildman–Crippen LogP) is 17.5. The number of fused-ring (bicyclic) bond motifs is 9. The SMILES string of the molecule is CC1(C)c2ccccc2-c2c(-c3cccc(N(c4cccc(-c5cccc6c5-c5ccccc5C6(C)C)c4)c4cccc5c4-c4ccccc4C5(c4ccccc4)c4ccccc4)c3)cccc21. The van der Waals surface area contributed by atoms with Crippen LogP contribution in [0, 0.1) is 0 Å². The van der Waals surface area contributed by atoms with Crippen LogP contribution in [0.5, 0.6) is 0 Å². The highest BCUT2D eigenvalue weighted by molar-refractivity contribution is 6.00. The third kappa shape index (κ3) is 5.63. The van der Waals surface area contributed by atoms with Gasteiger partial charge in [0.2, 0.25) is 0 Å². The molecule has 0 fully saturated rings. The van der Waals surface area contributed by atoms with Crippen molar-refractivity contribution in [2.75, 3.05) is 4.90 Å². The van der Waals surface area contributed by atoms with Gasteiger partial charge in [0.1, 0.15) is 0 Å². The molecule has 1 nitrogen and oxygen atoms in total. The van der Waals surface area contributed by atoms with Crippen molar-refractivity contribution in [3.05, 3.63) is 281 Å². The summed E-state index contributed by atoms with van der Waals surface area (Å²) in [5.41, 5.74) is 26.0. The Balaban J connectivity index is 1.08. The van der Waals surface area contributed by atoms with Gasteiger partial charge in [-0.2, -0.15) is 0 Å². The lowest BCUT2D eigenvalue weighted by Gasteiger charge is -2.34. The van der Waals surface area contributed by atoms with Gasteiger partial charge in [-0.05, 0) is 125 Å². The lowest BCUT2D eigenvalue weighted by molar-refractivity contribution is 0.660. The van der Waals surface area contributed by atoms with Gasteiger partial charge in [-0.1, -0.05) is 234 Å². The van der Waals surface area contributed by atoms with Gasteiger partial charge in [0.05, 0.1) is 11.1 Å². The first-order valence-electron chi connectivity index (χ1n) is 24.1. The van der Waals surface area contributed by atoms with Crippen molar-refractivity contribution < 1.29 is 0 Å². The second-order valence-electron chi connectivity index (χ2n) is 20.0. The van der Waals surface area contributed by atoms with Crippen molar-refractivity contribution in [3.8, 4) is 55.6 Å². The molecule has 0 aliphatic heterocycles. The van der Waals surface area contributed by atoms with Gasteiger partial charge in [-0.15, -0.1) is 0 Å². The fraction of sp³-hybridized carbons (Fsp3) is 0.104. The zero-order chi connectivity index (χ0) is 45.8. The quantitative estimate of drug-likeness (QED) is 0.154. The summed E-state index contributed by atoms with van der Waals surface area (Å²) >= 11 is 0. The van der Waals surface area contributed by atoms with Crippen molar-refractivity contribution in [3.63, 3.8) is 0 Å². The zero-order valence-electron chi connectivity index (χ0n) is 39.0. The minimum absolute atomic E-state index is 0.0959. The Morgan fingerprint density at radius 3 is 1.15 bits per heavy atom. The van der Waals surface area contributed by atoms with Gasteiger partial charge in [0, 0.05) is 27.8 Å². The molecular formula is C67H51N. The third-order valence-corrected chi connectivity index (χ3v) is 15.7. The van der Waals surface area contributed by atoms with Crippen molar-refractivity contribution in [2.45, 2.75) is 43.9 Å². The first kappa shape index (κ1) is 40.3. The van der Waals surface area contributed by atoms with Crippen LogP contribution in [0.25, 0.3) is 55.6 Å². The van der Waals surface area contributed by atoms with E-state index in [1.54, 1.807) is 0 Å². The van der Waals surface area contributed by atoms with Crippen LogP contribution in [0.3, 0.4) is 0 Å². The molecule has 10 aromatic rings. The van der Waals surface area contributed by atoms with Crippen LogP contribution in [0.4, 0.5) is 17.1 Å². The monoisotopic (exact) mass is 869 g/mol. The Morgan fingerprint density at radius 2 is 0.647 bits per heavy atom. The van der Waals surface area contributed by atoms with Crippen LogP contribution >= 0.6 is 0 Å². The highest BCUT2D eigenvalue weighted by Gasteiger charge is 2.47. The maximum atomic E-state index is 2.54. The summed E-state index contributed by atoms with van der Waals surface area (Å²) in [6.45, 7) is 9.47. The van der Waals surface area contributed by atoms with E-state index >= 15 is 0 Å². The van der Waals surface area contributed by atoms with E-state index in [0.29, 0.717) is 0 Å². The molecule has 0 radical (unpaired) electrons. The van der Waals surface area contributed by atoms with Crippen LogP contribution in [0.2, 0.25) is 0 Å². The van der Waals surface area contributed by atoms with E-state index in [9.17, 15) is 0 Å². The molecule has 68 heavy (non-hydrogen) atoms. The minimum atomic E-state index is -0.532. The van der Waals surface area contributed by atoms with E-state index < -0.39 is 5.41 Å². The van der Waals surface area contributed by atoms with Gasteiger partial charge in [0.15, 0.2) is 0 Å². The molecule has 0 unspecified atom stereocenters. The largest absolute Gasteiger partial charge is 0.310 e. The first-order chi connectivity index (χ1) is 33.3. The standard InChI is InChI=1S/C67H51N/c1-65(2)55-35-14-11-30-52(55)62-50(33-19-38-58(62)65)44-22-17-28-48(42-44)68(49-29-18-23-45(43-49)51-34-20-39-59-63(51)53-31-12-15-36-56(53)66(59,3)4)61-41-21-40-60-64(61)54-32-13-16-37-57(54)67(60,46-24-7-5-8-25-46)47-26-9-6-10-27-47/h5-43H,1-4H3. The summed E-state index contributed by atoms with van der Waals surface area (Å²) in [5.74, 6) is 0. The lowest BCUT2D eigenvalue weighted by Crippen LogP contribution is -2.28. The van der Waals surface area contributed by atoms with Gasteiger partial charge in [-0.25, -0.2) is 0 Å². The minimum Gasteiger partial charge on any atom is -0.310 e. The molecule has 13 rings (SSSR count). The fourth-order valence-corrected chi connectivity index (χ4v) is 12.7. The van der Waals surface area contributed by atoms with Gasteiger partial charge >= 0.3 is 0 Å². The topological polar surface area (TPSA) is 3.24 Å². The van der Waals surface area contributed by atoms with Crippen LogP contribution in [-0.4, -0.2) is 0 Å². The van der Waals surface area contributed by atoms with Gasteiger partial charge in [0.25, 0.3) is 0 Å². The molecule has 0 atom stereocenters. The van der Waals surface area contributed by atoms with E-state index in [-0.39, 0.29) is 10.8 Å². The van der Waals surface area contributed by atoms with Gasteiger partial charge < -0.3 is 4.90 Å². The molecule has 0 spiro atoms. The van der Waals surface area contributed by atoms with E-state index in [1.165, 1.54) is 100 Å². The highest BCUT2D eigenvalue weighted by atomic mass is 15.1. The molecule has 0 heterocycles. The average molecular weight is 870 g/mol. The summed E-state index contributed by atoms with van der Waals surface area (Å²) < 4.78 is 0. The summed E-state index contributed by atoms with van der Waals surface area (Å²) in [7, 11) is 0. The number of anilines is 3. The Kier molecular flexibility index (Phi) is 8.89. The molecular weight excluding hydrogens is 819 g/mol. The molecule has 0 bridgehead atoms. The van der Waals surface area contributed by atoms with E-state index in [2.05, 4.69) is 269 Å². The number of hydrogen-bond donors (Lipinski definition) is 0. The zero-order valence-corrected chi connectivity index (χ0v) is 39.0. The average Bonchev–Trinajstić information content (AvgIpc) is 3.93. The van der Waals surface area contributed by atoms with Gasteiger partial charge in [-0.3, -0.25) is 0 Å². The van der Waals surface area contributed by atoms with Crippen molar-refractivity contribution in [1.29, 1.82) is 0 Å². The maximum Gasteiger partial charge on any atom is 0.0714 e. The molecule has 0 saturated heterocycles. The molecule has 0 amide bonds. The van der Waals surface area contributed by atoms with E-state index in [4.69, 9.17) is 0 Å². The Morgan fingerprint density at radius 1 is 0.279 bits per heavy atom. The number of rotatable bonds is 7. The third-order valence-electron chi connectivity index (χ3n) is 15.7. The Hall–Kier alpha value is -8.00. The highest BCUT2D eigenvalue weighted by Crippen LogP contribution is 2.60. The lowest BCUT2D eigenvalue weighted by atomic mass is 9.68. The smallest absolute Gasteiger partial charge is 0.0714 e. The predicted molar refractivity (Wildman–Crippen MR) is 284 cm³/mol. The summed E-state index contributed by atoms with van der Waals surface area (Å²) in [4.78, 5) is 2.54. The molecule has 324 valence electrons. The number of benzene rings is 10. The normalized spacial score (nSPS) is 14.8.